The predicted octanol–water partition coefficient (Wildman–Crippen LogP) is 1.23. The molecule has 0 saturated heterocycles. The van der Waals surface area contributed by atoms with E-state index in [-0.39, 0.29) is 30.2 Å². The maximum absolute atomic E-state index is 12.0. The Morgan fingerprint density at radius 2 is 1.70 bits per heavy atom. The lowest BCUT2D eigenvalue weighted by atomic mass is 10.1. The number of carbonyl (C=O) groups excluding carboxylic acids is 3. The van der Waals surface area contributed by atoms with E-state index in [1.54, 1.807) is 38.1 Å². The van der Waals surface area contributed by atoms with Gasteiger partial charge in [-0.3, -0.25) is 14.4 Å². The van der Waals surface area contributed by atoms with Gasteiger partial charge in [-0.05, 0) is 32.4 Å². The fourth-order valence-electron chi connectivity index (χ4n) is 1.99. The van der Waals surface area contributed by atoms with Gasteiger partial charge in [0, 0.05) is 24.6 Å². The van der Waals surface area contributed by atoms with Gasteiger partial charge in [-0.1, -0.05) is 25.1 Å². The molecule has 3 N–H and O–H groups in total. The lowest BCUT2D eigenvalue weighted by Gasteiger charge is -2.17. The van der Waals surface area contributed by atoms with E-state index in [4.69, 9.17) is 0 Å². The van der Waals surface area contributed by atoms with E-state index < -0.39 is 6.04 Å². The van der Waals surface area contributed by atoms with Gasteiger partial charge in [0.1, 0.15) is 6.04 Å². The number of hydrogen-bond acceptors (Lipinski definition) is 3. The van der Waals surface area contributed by atoms with Crippen LogP contribution in [0, 0.1) is 0 Å². The van der Waals surface area contributed by atoms with Crippen molar-refractivity contribution in [3.8, 4) is 0 Å². The van der Waals surface area contributed by atoms with Crippen LogP contribution < -0.4 is 16.0 Å². The quantitative estimate of drug-likeness (QED) is 0.673. The summed E-state index contributed by atoms with van der Waals surface area (Å²) in [6.07, 6.45) is 0.957. The van der Waals surface area contributed by atoms with Gasteiger partial charge >= 0.3 is 0 Å². The molecule has 126 valence electrons. The first kappa shape index (κ1) is 18.7. The Morgan fingerprint density at radius 1 is 1.04 bits per heavy atom. The van der Waals surface area contributed by atoms with E-state index in [0.29, 0.717) is 12.1 Å². The third-order valence-electron chi connectivity index (χ3n) is 3.23. The maximum Gasteiger partial charge on any atom is 0.251 e. The minimum absolute atomic E-state index is 0.115. The van der Waals surface area contributed by atoms with Crippen LogP contribution in [0.15, 0.2) is 30.3 Å². The summed E-state index contributed by atoms with van der Waals surface area (Å²) in [6, 6.07) is 7.90. The topological polar surface area (TPSA) is 87.3 Å². The van der Waals surface area contributed by atoms with Crippen molar-refractivity contribution in [3.05, 3.63) is 35.9 Å². The molecule has 2 atom stereocenters. The number of benzene rings is 1. The van der Waals surface area contributed by atoms with Crippen LogP contribution in [0.2, 0.25) is 0 Å². The molecule has 0 bridgehead atoms. The molecule has 0 spiro atoms. The summed E-state index contributed by atoms with van der Waals surface area (Å²) in [4.78, 5) is 35.6. The molecule has 1 aromatic rings. The Labute approximate surface area is 137 Å². The molecule has 6 heteroatoms. The Balaban J connectivity index is 2.38. The highest BCUT2D eigenvalue weighted by molar-refractivity contribution is 5.94. The van der Waals surface area contributed by atoms with Crippen molar-refractivity contribution in [2.24, 2.45) is 0 Å². The zero-order valence-corrected chi connectivity index (χ0v) is 13.9. The zero-order valence-electron chi connectivity index (χ0n) is 13.9. The highest BCUT2D eigenvalue weighted by Crippen LogP contribution is 2.00. The van der Waals surface area contributed by atoms with Crippen LogP contribution in [0.1, 0.15) is 44.0 Å². The fourth-order valence-corrected chi connectivity index (χ4v) is 1.99. The molecule has 0 radical (unpaired) electrons. The molecule has 6 nitrogen and oxygen atoms in total. The van der Waals surface area contributed by atoms with E-state index in [1.807, 2.05) is 13.0 Å². The molecule has 0 aromatic heterocycles. The normalized spacial score (nSPS) is 12.8. The second kappa shape index (κ2) is 9.61. The van der Waals surface area contributed by atoms with Gasteiger partial charge in [0.2, 0.25) is 11.8 Å². The average Bonchev–Trinajstić information content (AvgIpc) is 2.52. The standard InChI is InChI=1S/C17H25N3O3/c1-4-10-18-16(22)13(3)20-15(21)11-12(2)19-17(23)14-8-6-5-7-9-14/h5-9,12-13H,4,10-11H2,1-3H3,(H,18,22)(H,19,23)(H,20,21). The van der Waals surface area contributed by atoms with Crippen LogP contribution in [-0.2, 0) is 9.59 Å². The predicted molar refractivity (Wildman–Crippen MR) is 88.9 cm³/mol. The number of carbonyl (C=O) groups is 3. The highest BCUT2D eigenvalue weighted by Gasteiger charge is 2.17. The van der Waals surface area contributed by atoms with E-state index in [2.05, 4.69) is 16.0 Å². The number of hydrogen-bond donors (Lipinski definition) is 3. The Kier molecular flexibility index (Phi) is 7.80. The molecule has 0 aliphatic carbocycles. The lowest BCUT2D eigenvalue weighted by molar-refractivity contribution is -0.128. The van der Waals surface area contributed by atoms with Crippen molar-refractivity contribution in [2.75, 3.05) is 6.54 Å². The van der Waals surface area contributed by atoms with Crippen molar-refractivity contribution in [2.45, 2.75) is 45.7 Å². The van der Waals surface area contributed by atoms with Crippen LogP contribution >= 0.6 is 0 Å². The molecular formula is C17H25N3O3. The second-order valence-corrected chi connectivity index (χ2v) is 5.52. The summed E-state index contributed by atoms with van der Waals surface area (Å²) >= 11 is 0. The van der Waals surface area contributed by atoms with Crippen LogP contribution in [-0.4, -0.2) is 36.3 Å². The van der Waals surface area contributed by atoms with Crippen molar-refractivity contribution < 1.29 is 14.4 Å². The molecule has 0 aliphatic heterocycles. The molecule has 3 amide bonds. The minimum atomic E-state index is -0.592. The third-order valence-corrected chi connectivity index (χ3v) is 3.23. The van der Waals surface area contributed by atoms with Crippen LogP contribution in [0.5, 0.6) is 0 Å². The summed E-state index contributed by atoms with van der Waals surface area (Å²) in [5.41, 5.74) is 0.548. The van der Waals surface area contributed by atoms with Gasteiger partial charge < -0.3 is 16.0 Å². The van der Waals surface area contributed by atoms with Gasteiger partial charge in [-0.25, -0.2) is 0 Å². The van der Waals surface area contributed by atoms with Crippen molar-refractivity contribution >= 4 is 17.7 Å². The molecule has 0 saturated carbocycles. The van der Waals surface area contributed by atoms with Gasteiger partial charge in [-0.15, -0.1) is 0 Å². The highest BCUT2D eigenvalue weighted by atomic mass is 16.2. The average molecular weight is 319 g/mol. The smallest absolute Gasteiger partial charge is 0.251 e. The lowest BCUT2D eigenvalue weighted by Crippen LogP contribution is -2.46. The first-order valence-electron chi connectivity index (χ1n) is 7.87. The molecule has 23 heavy (non-hydrogen) atoms. The molecule has 1 rings (SSSR count). The summed E-state index contributed by atoms with van der Waals surface area (Å²) in [6.45, 7) is 5.93. The van der Waals surface area contributed by atoms with E-state index in [1.165, 1.54) is 0 Å². The Hall–Kier alpha value is -2.37. The van der Waals surface area contributed by atoms with Gasteiger partial charge in [0.05, 0.1) is 0 Å². The van der Waals surface area contributed by atoms with E-state index >= 15 is 0 Å². The number of rotatable bonds is 8. The van der Waals surface area contributed by atoms with Crippen LogP contribution in [0.4, 0.5) is 0 Å². The van der Waals surface area contributed by atoms with Gasteiger partial charge in [-0.2, -0.15) is 0 Å². The van der Waals surface area contributed by atoms with Gasteiger partial charge in [0.25, 0.3) is 5.91 Å². The minimum Gasteiger partial charge on any atom is -0.354 e. The largest absolute Gasteiger partial charge is 0.354 e. The monoisotopic (exact) mass is 319 g/mol. The number of nitrogens with one attached hydrogen (secondary N) is 3. The second-order valence-electron chi connectivity index (χ2n) is 5.52. The SMILES string of the molecule is CCCNC(=O)C(C)NC(=O)CC(C)NC(=O)c1ccccc1. The molecule has 1 aromatic carbocycles. The maximum atomic E-state index is 12.0. The Bertz CT molecular complexity index is 531. The third kappa shape index (κ3) is 6.95. The first-order valence-corrected chi connectivity index (χ1v) is 7.87. The van der Waals surface area contributed by atoms with Crippen LogP contribution in [0.25, 0.3) is 0 Å². The molecular weight excluding hydrogens is 294 g/mol. The summed E-state index contributed by atoms with van der Waals surface area (Å²) in [5, 5.41) is 8.11. The first-order chi connectivity index (χ1) is 10.9. The van der Waals surface area contributed by atoms with Crippen molar-refractivity contribution in [1.82, 2.24) is 16.0 Å². The van der Waals surface area contributed by atoms with Crippen molar-refractivity contribution in [3.63, 3.8) is 0 Å². The molecule has 0 heterocycles. The summed E-state index contributed by atoms with van der Waals surface area (Å²) in [5.74, 6) is -0.703. The van der Waals surface area contributed by atoms with Crippen LogP contribution in [0.3, 0.4) is 0 Å². The molecule has 0 fully saturated rings. The summed E-state index contributed by atoms with van der Waals surface area (Å²) < 4.78 is 0. The van der Waals surface area contributed by atoms with E-state index in [0.717, 1.165) is 6.42 Å². The molecule has 2 unspecified atom stereocenters. The van der Waals surface area contributed by atoms with Gasteiger partial charge in [0.15, 0.2) is 0 Å². The number of amides is 3. The Morgan fingerprint density at radius 3 is 2.30 bits per heavy atom. The van der Waals surface area contributed by atoms with E-state index in [9.17, 15) is 14.4 Å². The van der Waals surface area contributed by atoms with Crippen molar-refractivity contribution in [1.29, 1.82) is 0 Å². The molecule has 0 aliphatic rings. The summed E-state index contributed by atoms with van der Waals surface area (Å²) in [7, 11) is 0. The fraction of sp³-hybridized carbons (Fsp3) is 0.471. The zero-order chi connectivity index (χ0) is 17.2.